The van der Waals surface area contributed by atoms with E-state index in [0.29, 0.717) is 22.2 Å². The van der Waals surface area contributed by atoms with Crippen molar-refractivity contribution in [3.63, 3.8) is 0 Å². The molecule has 2 amide bonds. The monoisotopic (exact) mass is 617 g/mol. The van der Waals surface area contributed by atoms with E-state index in [1.54, 1.807) is 61.4 Å². The van der Waals surface area contributed by atoms with Gasteiger partial charge in [0.2, 0.25) is 0 Å². The molecule has 0 saturated carbocycles. The minimum atomic E-state index is -0.586. The Hall–Kier alpha value is -3.55. The van der Waals surface area contributed by atoms with Crippen molar-refractivity contribution in [1.82, 2.24) is 19.9 Å². The number of aromatic nitrogens is 2. The zero-order valence-electron chi connectivity index (χ0n) is 20.2. The zero-order valence-corrected chi connectivity index (χ0v) is 22.3. The molecule has 192 valence electrons. The number of aliphatic hydroxyl groups is 1. The number of anilines is 2. The summed E-state index contributed by atoms with van der Waals surface area (Å²) in [5.74, 6) is -1.17. The van der Waals surface area contributed by atoms with Crippen molar-refractivity contribution in [2.45, 2.75) is 6.54 Å². The Morgan fingerprint density at radius 2 is 1.92 bits per heavy atom. The van der Waals surface area contributed by atoms with Crippen molar-refractivity contribution in [3.8, 4) is 0 Å². The lowest BCUT2D eigenvalue weighted by atomic mass is 10.1. The van der Waals surface area contributed by atoms with Gasteiger partial charge in [0.25, 0.3) is 11.8 Å². The molecular weight excluding hydrogens is 592 g/mol. The predicted molar refractivity (Wildman–Crippen MR) is 146 cm³/mol. The number of carbonyl (C=O) groups excluding carboxylic acids is 2. The number of hydroxylamine groups is 1. The summed E-state index contributed by atoms with van der Waals surface area (Å²) < 4.78 is 17.3. The summed E-state index contributed by atoms with van der Waals surface area (Å²) in [6, 6.07) is 13.6. The molecule has 0 saturated heterocycles. The normalized spacial score (nSPS) is 10.9. The molecule has 3 N–H and O–H groups in total. The third-order valence-electron chi connectivity index (χ3n) is 5.58. The molecule has 4 aromatic rings. The average molecular weight is 617 g/mol. The van der Waals surface area contributed by atoms with Crippen LogP contribution >= 0.6 is 22.6 Å². The number of hydrogen-bond donors (Lipinski definition) is 3. The van der Waals surface area contributed by atoms with Crippen LogP contribution in [-0.2, 0) is 11.4 Å². The van der Waals surface area contributed by atoms with Crippen LogP contribution in [0.15, 0.2) is 60.9 Å². The highest BCUT2D eigenvalue weighted by molar-refractivity contribution is 14.1. The molecule has 0 aliphatic carbocycles. The summed E-state index contributed by atoms with van der Waals surface area (Å²) in [6.07, 6.45) is 3.21. The highest BCUT2D eigenvalue weighted by atomic mass is 127. The third kappa shape index (κ3) is 5.89. The maximum absolute atomic E-state index is 14.8. The number of halogens is 2. The Labute approximate surface area is 226 Å². The maximum Gasteiger partial charge on any atom is 0.293 e. The predicted octanol–water partition coefficient (Wildman–Crippen LogP) is 3.93. The van der Waals surface area contributed by atoms with Crippen molar-refractivity contribution < 1.29 is 23.9 Å². The molecule has 0 unspecified atom stereocenters. The average Bonchev–Trinajstić information content (AvgIpc) is 3.18. The molecule has 37 heavy (non-hydrogen) atoms. The van der Waals surface area contributed by atoms with Gasteiger partial charge in [-0.3, -0.25) is 19.4 Å². The smallest absolute Gasteiger partial charge is 0.293 e. The lowest BCUT2D eigenvalue weighted by molar-refractivity contribution is 0.0163. The molecule has 0 aliphatic heterocycles. The molecule has 2 heterocycles. The fourth-order valence-electron chi connectivity index (χ4n) is 3.85. The molecule has 0 bridgehead atoms. The van der Waals surface area contributed by atoms with Crippen LogP contribution in [0.25, 0.3) is 10.9 Å². The largest absolute Gasteiger partial charge is 0.394 e. The lowest BCUT2D eigenvalue weighted by Crippen LogP contribution is -2.28. The number of nitrogens with zero attached hydrogens (tertiary/aromatic N) is 3. The Morgan fingerprint density at radius 3 is 2.59 bits per heavy atom. The first-order valence-corrected chi connectivity index (χ1v) is 12.4. The first kappa shape index (κ1) is 26.5. The molecule has 0 atom stereocenters. The van der Waals surface area contributed by atoms with Crippen LogP contribution < -0.4 is 10.8 Å². The lowest BCUT2D eigenvalue weighted by Gasteiger charge is -2.14. The minimum Gasteiger partial charge on any atom is -0.394 e. The summed E-state index contributed by atoms with van der Waals surface area (Å²) in [4.78, 5) is 36.4. The number of pyridine rings is 1. The van der Waals surface area contributed by atoms with E-state index in [4.69, 9.17) is 9.94 Å². The van der Waals surface area contributed by atoms with Crippen molar-refractivity contribution in [2.24, 2.45) is 0 Å². The van der Waals surface area contributed by atoms with Gasteiger partial charge in [-0.1, -0.05) is 12.1 Å². The van der Waals surface area contributed by atoms with Gasteiger partial charge < -0.3 is 19.9 Å². The molecule has 2 aromatic heterocycles. The van der Waals surface area contributed by atoms with Crippen LogP contribution in [0.4, 0.5) is 15.8 Å². The highest BCUT2D eigenvalue weighted by Gasteiger charge is 2.24. The van der Waals surface area contributed by atoms with Gasteiger partial charge in [-0.2, -0.15) is 0 Å². The molecule has 0 spiro atoms. The van der Waals surface area contributed by atoms with Gasteiger partial charge in [-0.25, -0.2) is 9.87 Å². The topological polar surface area (TPSA) is 109 Å². The number of benzene rings is 2. The Bertz CT molecular complexity index is 1440. The second-order valence-corrected chi connectivity index (χ2v) is 9.60. The van der Waals surface area contributed by atoms with E-state index < -0.39 is 11.7 Å². The van der Waals surface area contributed by atoms with Gasteiger partial charge in [0.15, 0.2) is 0 Å². The van der Waals surface area contributed by atoms with E-state index in [1.165, 1.54) is 11.0 Å². The van der Waals surface area contributed by atoms with Crippen LogP contribution in [0.3, 0.4) is 0 Å². The number of hydrogen-bond acceptors (Lipinski definition) is 6. The Balaban J connectivity index is 1.81. The van der Waals surface area contributed by atoms with Gasteiger partial charge in [-0.05, 0) is 64.6 Å². The summed E-state index contributed by atoms with van der Waals surface area (Å²) in [5, 5.41) is 12.7. The van der Waals surface area contributed by atoms with Gasteiger partial charge in [0.05, 0.1) is 30.1 Å². The molecule has 4 rings (SSSR count). The number of carbonyl (C=O) groups is 2. The molecule has 0 fully saturated rings. The van der Waals surface area contributed by atoms with Crippen molar-refractivity contribution in [2.75, 3.05) is 32.6 Å². The Morgan fingerprint density at radius 1 is 1.16 bits per heavy atom. The van der Waals surface area contributed by atoms with Crippen LogP contribution in [0.1, 0.15) is 26.4 Å². The first-order valence-electron chi connectivity index (χ1n) is 11.3. The van der Waals surface area contributed by atoms with E-state index in [-0.39, 0.29) is 37.0 Å². The highest BCUT2D eigenvalue weighted by Crippen LogP contribution is 2.34. The summed E-state index contributed by atoms with van der Waals surface area (Å²) in [7, 11) is 3.37. The summed E-state index contributed by atoms with van der Waals surface area (Å²) >= 11 is 2.02. The number of rotatable bonds is 9. The maximum atomic E-state index is 14.8. The zero-order chi connectivity index (χ0) is 26.5. The van der Waals surface area contributed by atoms with Gasteiger partial charge in [-0.15, -0.1) is 0 Å². The molecule has 0 radical (unpaired) electrons. The molecule has 0 aliphatic rings. The van der Waals surface area contributed by atoms with Crippen LogP contribution in [0.5, 0.6) is 0 Å². The van der Waals surface area contributed by atoms with Gasteiger partial charge in [0.1, 0.15) is 11.5 Å². The minimum absolute atomic E-state index is 0.0938. The van der Waals surface area contributed by atoms with E-state index in [0.717, 1.165) is 9.13 Å². The van der Waals surface area contributed by atoms with Crippen LogP contribution in [0.2, 0.25) is 0 Å². The molecule has 11 heteroatoms. The Kier molecular flexibility index (Phi) is 8.36. The second kappa shape index (κ2) is 11.7. The number of nitrogens with one attached hydrogen (secondary N) is 2. The molecule has 2 aromatic carbocycles. The molecular formula is C26H25FIN5O4. The van der Waals surface area contributed by atoms with Crippen LogP contribution in [-0.4, -0.2) is 58.7 Å². The van der Waals surface area contributed by atoms with Crippen molar-refractivity contribution in [3.05, 3.63) is 87.1 Å². The van der Waals surface area contributed by atoms with Crippen molar-refractivity contribution >= 4 is 56.7 Å². The fraction of sp³-hybridized carbons (Fsp3) is 0.192. The van der Waals surface area contributed by atoms with E-state index >= 15 is 0 Å². The fourth-order valence-corrected chi connectivity index (χ4v) is 4.31. The quantitative estimate of drug-likeness (QED) is 0.149. The van der Waals surface area contributed by atoms with E-state index in [2.05, 4.69) is 15.8 Å². The third-order valence-corrected chi connectivity index (χ3v) is 6.25. The number of amides is 2. The van der Waals surface area contributed by atoms with Crippen LogP contribution in [0, 0.1) is 9.39 Å². The van der Waals surface area contributed by atoms with Gasteiger partial charge >= 0.3 is 0 Å². The van der Waals surface area contributed by atoms with E-state index in [9.17, 15) is 14.0 Å². The molecule has 9 nitrogen and oxygen atoms in total. The first-order chi connectivity index (χ1) is 17.8. The standard InChI is InChI=1S/C26H25FIN5O4/c1-32(2)26(36)17-5-3-16(4-6-17)15-33-22-9-10-29-14-19(22)23(24(33)25(35)31-37-12-11-34)30-21-8-7-18(28)13-20(21)27/h3-10,13-14,30,34H,11-12,15H2,1-2H3,(H,31,35). The summed E-state index contributed by atoms with van der Waals surface area (Å²) in [6.45, 7) is -0.0931. The summed E-state index contributed by atoms with van der Waals surface area (Å²) in [5.41, 5.74) is 5.15. The SMILES string of the molecule is CN(C)C(=O)c1ccc(Cn2c(C(=O)NOCCO)c(Nc3ccc(I)cc3F)c3cnccc32)cc1. The van der Waals surface area contributed by atoms with E-state index in [1.807, 2.05) is 34.7 Å². The van der Waals surface area contributed by atoms with Gasteiger partial charge in [0, 0.05) is 47.6 Å². The number of aliphatic hydroxyl groups excluding tert-OH is 1. The van der Waals surface area contributed by atoms with Crippen molar-refractivity contribution in [1.29, 1.82) is 0 Å². The number of fused-ring (bicyclic) bond motifs is 1. The second-order valence-electron chi connectivity index (χ2n) is 8.35.